The molecule has 0 fully saturated rings. The lowest BCUT2D eigenvalue weighted by Gasteiger charge is -1.92. The van der Waals surface area contributed by atoms with E-state index < -0.39 is 0 Å². The van der Waals surface area contributed by atoms with Gasteiger partial charge in [-0.25, -0.2) is 9.97 Å². The van der Waals surface area contributed by atoms with Crippen molar-refractivity contribution in [2.24, 2.45) is 0 Å². The van der Waals surface area contributed by atoms with Crippen LogP contribution in [-0.4, -0.2) is 33.7 Å². The van der Waals surface area contributed by atoms with Gasteiger partial charge in [0.15, 0.2) is 5.78 Å². The van der Waals surface area contributed by atoms with Gasteiger partial charge in [0.05, 0.1) is 6.54 Å². The highest BCUT2D eigenvalue weighted by molar-refractivity contribution is 5.96. The molecule has 0 atom stereocenters. The third-order valence-electron chi connectivity index (χ3n) is 2.11. The molecule has 0 bridgehead atoms. The number of hydrogen-bond acceptors (Lipinski definition) is 4. The van der Waals surface area contributed by atoms with Crippen molar-refractivity contribution in [1.82, 2.24) is 19.7 Å². The molecule has 15 heavy (non-hydrogen) atoms. The number of nitrogens with zero attached hydrogens (tertiary/aromatic N) is 3. The third-order valence-corrected chi connectivity index (χ3v) is 2.11. The minimum atomic E-state index is -0.0150. The van der Waals surface area contributed by atoms with E-state index >= 15 is 0 Å². The molecule has 0 aliphatic carbocycles. The number of carbonyl (C=O) groups excluding carboxylic acids is 1. The Morgan fingerprint density at radius 1 is 1.60 bits per heavy atom. The number of aryl methyl sites for hydroxylation is 1. The van der Waals surface area contributed by atoms with E-state index in [2.05, 4.69) is 15.3 Å². The number of carbonyl (C=O) groups is 1. The predicted octanol–water partition coefficient (Wildman–Crippen LogP) is 0.440. The van der Waals surface area contributed by atoms with Crippen molar-refractivity contribution in [3.63, 3.8) is 0 Å². The Labute approximate surface area is 87.2 Å². The van der Waals surface area contributed by atoms with Gasteiger partial charge in [0.2, 0.25) is 0 Å². The zero-order chi connectivity index (χ0) is 10.8. The van der Waals surface area contributed by atoms with Crippen LogP contribution in [0.1, 0.15) is 16.2 Å². The fraction of sp³-hybridized carbons (Fsp3) is 0.300. The maximum atomic E-state index is 11.5. The number of hydrogen-bond donors (Lipinski definition) is 1. The van der Waals surface area contributed by atoms with Gasteiger partial charge in [0, 0.05) is 18.0 Å². The van der Waals surface area contributed by atoms with E-state index in [0.29, 0.717) is 12.2 Å². The number of nitrogens with one attached hydrogen (secondary N) is 1. The van der Waals surface area contributed by atoms with Gasteiger partial charge in [-0.05, 0) is 14.0 Å². The summed E-state index contributed by atoms with van der Waals surface area (Å²) in [5.41, 5.74) is 2.11. The van der Waals surface area contributed by atoms with Crippen LogP contribution in [0.15, 0.2) is 18.6 Å². The molecule has 0 radical (unpaired) electrons. The van der Waals surface area contributed by atoms with Crippen molar-refractivity contribution in [3.05, 3.63) is 30.0 Å². The second-order valence-corrected chi connectivity index (χ2v) is 3.38. The van der Waals surface area contributed by atoms with Crippen molar-refractivity contribution in [2.45, 2.75) is 6.92 Å². The molecular weight excluding hydrogens is 192 g/mol. The Hall–Kier alpha value is -1.75. The number of likely N-dealkylation sites (N-methyl/N-ethyl adjacent to an activating group) is 1. The van der Waals surface area contributed by atoms with Gasteiger partial charge < -0.3 is 5.32 Å². The SMILES string of the molecule is CNCC(=O)c1cn2cnc(C)cc2n1. The van der Waals surface area contributed by atoms with Crippen molar-refractivity contribution in [1.29, 1.82) is 0 Å². The monoisotopic (exact) mass is 204 g/mol. The molecule has 0 aromatic carbocycles. The smallest absolute Gasteiger partial charge is 0.196 e. The molecule has 2 aromatic rings. The second-order valence-electron chi connectivity index (χ2n) is 3.38. The molecule has 5 nitrogen and oxygen atoms in total. The molecule has 1 N–H and O–H groups in total. The standard InChI is InChI=1S/C10H12N4O/c1-7-3-10-13-8(9(15)4-11-2)5-14(10)6-12-7/h3,5-6,11H,4H2,1-2H3. The summed E-state index contributed by atoms with van der Waals surface area (Å²) in [5.74, 6) is -0.0150. The molecule has 0 spiro atoms. The molecule has 78 valence electrons. The average Bonchev–Trinajstić information content (AvgIpc) is 2.60. The van der Waals surface area contributed by atoms with E-state index in [0.717, 1.165) is 11.3 Å². The normalized spacial score (nSPS) is 10.8. The molecule has 0 unspecified atom stereocenters. The quantitative estimate of drug-likeness (QED) is 0.737. The van der Waals surface area contributed by atoms with Crippen LogP contribution in [0, 0.1) is 6.92 Å². The van der Waals surface area contributed by atoms with Crippen molar-refractivity contribution in [2.75, 3.05) is 13.6 Å². The molecule has 2 rings (SSSR count). The Balaban J connectivity index is 2.42. The highest BCUT2D eigenvalue weighted by Crippen LogP contribution is 2.05. The summed E-state index contributed by atoms with van der Waals surface area (Å²) in [4.78, 5) is 19.9. The summed E-state index contributed by atoms with van der Waals surface area (Å²) < 4.78 is 1.75. The van der Waals surface area contributed by atoms with Crippen LogP contribution in [0.25, 0.3) is 5.65 Å². The van der Waals surface area contributed by atoms with Gasteiger partial charge in [-0.15, -0.1) is 0 Å². The number of fused-ring (bicyclic) bond motifs is 1. The lowest BCUT2D eigenvalue weighted by atomic mass is 10.3. The van der Waals surface area contributed by atoms with E-state index in [4.69, 9.17) is 0 Å². The number of aromatic nitrogens is 3. The molecule has 2 heterocycles. The van der Waals surface area contributed by atoms with E-state index in [1.165, 1.54) is 0 Å². The average molecular weight is 204 g/mol. The van der Waals surface area contributed by atoms with Crippen LogP contribution in [-0.2, 0) is 0 Å². The Bertz CT molecular complexity index is 503. The highest BCUT2D eigenvalue weighted by Gasteiger charge is 2.09. The van der Waals surface area contributed by atoms with Gasteiger partial charge in [-0.2, -0.15) is 0 Å². The van der Waals surface area contributed by atoms with Gasteiger partial charge >= 0.3 is 0 Å². The fourth-order valence-electron chi connectivity index (χ4n) is 1.37. The molecule has 0 aliphatic rings. The van der Waals surface area contributed by atoms with E-state index in [9.17, 15) is 4.79 Å². The molecular formula is C10H12N4O. The van der Waals surface area contributed by atoms with Crippen LogP contribution in [0.2, 0.25) is 0 Å². The van der Waals surface area contributed by atoms with Crippen molar-refractivity contribution < 1.29 is 4.79 Å². The zero-order valence-corrected chi connectivity index (χ0v) is 8.69. The van der Waals surface area contributed by atoms with Crippen molar-refractivity contribution >= 4 is 11.4 Å². The molecule has 0 amide bonds. The maximum Gasteiger partial charge on any atom is 0.196 e. The predicted molar refractivity (Wildman–Crippen MR) is 56.0 cm³/mol. The number of imidazole rings is 1. The first kappa shape index (κ1) is 9.79. The highest BCUT2D eigenvalue weighted by atomic mass is 16.1. The third kappa shape index (κ3) is 1.87. The zero-order valence-electron chi connectivity index (χ0n) is 8.69. The first-order valence-corrected chi connectivity index (χ1v) is 4.70. The first-order valence-electron chi connectivity index (χ1n) is 4.70. The molecule has 0 saturated carbocycles. The summed E-state index contributed by atoms with van der Waals surface area (Å²) in [6.45, 7) is 2.19. The second kappa shape index (κ2) is 3.78. The van der Waals surface area contributed by atoms with E-state index in [1.807, 2.05) is 13.0 Å². The van der Waals surface area contributed by atoms with Crippen molar-refractivity contribution in [3.8, 4) is 0 Å². The first-order chi connectivity index (χ1) is 7.20. The molecule has 2 aromatic heterocycles. The van der Waals surface area contributed by atoms with Crippen LogP contribution < -0.4 is 5.32 Å². The minimum absolute atomic E-state index is 0.0150. The lowest BCUT2D eigenvalue weighted by molar-refractivity contribution is 0.0989. The Kier molecular flexibility index (Phi) is 2.47. The summed E-state index contributed by atoms with van der Waals surface area (Å²) in [5, 5.41) is 2.81. The summed E-state index contributed by atoms with van der Waals surface area (Å²) in [6.07, 6.45) is 3.36. The number of ketones is 1. The summed E-state index contributed by atoms with van der Waals surface area (Å²) >= 11 is 0. The number of rotatable bonds is 3. The van der Waals surface area contributed by atoms with Gasteiger partial charge in [-0.3, -0.25) is 9.20 Å². The Morgan fingerprint density at radius 3 is 3.13 bits per heavy atom. The topological polar surface area (TPSA) is 59.3 Å². The molecule has 0 saturated heterocycles. The van der Waals surface area contributed by atoms with Crippen LogP contribution >= 0.6 is 0 Å². The lowest BCUT2D eigenvalue weighted by Crippen LogP contribution is -2.18. The van der Waals surface area contributed by atoms with E-state index in [-0.39, 0.29) is 5.78 Å². The summed E-state index contributed by atoms with van der Waals surface area (Å²) in [7, 11) is 1.74. The Morgan fingerprint density at radius 2 is 2.40 bits per heavy atom. The van der Waals surface area contributed by atoms with Crippen LogP contribution in [0.4, 0.5) is 0 Å². The fourth-order valence-corrected chi connectivity index (χ4v) is 1.37. The van der Waals surface area contributed by atoms with Gasteiger partial charge in [-0.1, -0.05) is 0 Å². The minimum Gasteiger partial charge on any atom is -0.313 e. The van der Waals surface area contributed by atoms with Gasteiger partial charge in [0.1, 0.15) is 17.7 Å². The summed E-state index contributed by atoms with van der Waals surface area (Å²) in [6, 6.07) is 1.84. The van der Waals surface area contributed by atoms with Gasteiger partial charge in [0.25, 0.3) is 0 Å². The van der Waals surface area contributed by atoms with Crippen LogP contribution in [0.3, 0.4) is 0 Å². The van der Waals surface area contributed by atoms with E-state index in [1.54, 1.807) is 24.0 Å². The number of Topliss-reactive ketones (excluding diaryl/α,β-unsaturated/α-hetero) is 1. The molecule has 0 aliphatic heterocycles. The maximum absolute atomic E-state index is 11.5. The largest absolute Gasteiger partial charge is 0.313 e. The molecule has 5 heteroatoms. The van der Waals surface area contributed by atoms with Crippen LogP contribution in [0.5, 0.6) is 0 Å².